The van der Waals surface area contributed by atoms with E-state index >= 15 is 0 Å². The van der Waals surface area contributed by atoms with Crippen molar-refractivity contribution in [3.8, 4) is 0 Å². The zero-order chi connectivity index (χ0) is 13.1. The van der Waals surface area contributed by atoms with Gasteiger partial charge >= 0.3 is 12.1 Å². The number of amides is 1. The highest BCUT2D eigenvalue weighted by molar-refractivity contribution is 5.98. The number of rotatable bonds is 3. The van der Waals surface area contributed by atoms with Crippen molar-refractivity contribution < 1.29 is 19.4 Å². The number of fused-ring (bicyclic) bond motifs is 1. The third kappa shape index (κ3) is 2.07. The molecule has 1 heterocycles. The van der Waals surface area contributed by atoms with E-state index in [1.165, 1.54) is 11.0 Å². The Kier molecular flexibility index (Phi) is 3.32. The second-order valence-corrected chi connectivity index (χ2v) is 3.92. The topological polar surface area (TPSA) is 66.8 Å². The number of carbonyl (C=O) groups is 2. The first-order valence-corrected chi connectivity index (χ1v) is 5.52. The van der Waals surface area contributed by atoms with Crippen LogP contribution in [0.5, 0.6) is 0 Å². The average molecular weight is 247 g/mol. The van der Waals surface area contributed by atoms with Crippen LogP contribution in [0.25, 0.3) is 0 Å². The summed E-state index contributed by atoms with van der Waals surface area (Å²) >= 11 is 0. The Morgan fingerprint density at radius 1 is 1.50 bits per heavy atom. The molecule has 1 atom stereocenters. The van der Waals surface area contributed by atoms with E-state index in [1.54, 1.807) is 12.1 Å². The minimum Gasteiger partial charge on any atom is -0.480 e. The van der Waals surface area contributed by atoms with Crippen LogP contribution >= 0.6 is 0 Å². The molecule has 0 spiro atoms. The molecule has 18 heavy (non-hydrogen) atoms. The molecule has 5 nitrogen and oxygen atoms in total. The molecule has 1 amide bonds. The summed E-state index contributed by atoms with van der Waals surface area (Å²) in [4.78, 5) is 24.2. The maximum Gasteiger partial charge on any atom is 0.415 e. The first-order valence-electron chi connectivity index (χ1n) is 5.52. The Hall–Kier alpha value is -2.30. The van der Waals surface area contributed by atoms with Gasteiger partial charge in [0.05, 0.1) is 5.69 Å². The summed E-state index contributed by atoms with van der Waals surface area (Å²) in [5, 5.41) is 9.16. The first kappa shape index (κ1) is 12.2. The van der Waals surface area contributed by atoms with Gasteiger partial charge in [-0.15, -0.1) is 0 Å². The van der Waals surface area contributed by atoms with Gasteiger partial charge in [-0.1, -0.05) is 30.9 Å². The number of carbonyl (C=O) groups excluding carboxylic acids is 1. The molecule has 0 radical (unpaired) electrons. The maximum absolute atomic E-state index is 11.9. The molecule has 1 aliphatic heterocycles. The Morgan fingerprint density at radius 3 is 2.89 bits per heavy atom. The quantitative estimate of drug-likeness (QED) is 0.827. The SMILES string of the molecule is C=CCOC(=O)N1c2ccccc2C[C@@H]1C(=O)O. The molecule has 0 fully saturated rings. The predicted octanol–water partition coefficient (Wildman–Crippen LogP) is 1.82. The van der Waals surface area contributed by atoms with Crippen LogP contribution in [0.1, 0.15) is 5.56 Å². The highest BCUT2D eigenvalue weighted by Crippen LogP contribution is 2.32. The Morgan fingerprint density at radius 2 is 2.22 bits per heavy atom. The van der Waals surface area contributed by atoms with E-state index in [0.29, 0.717) is 12.1 Å². The third-order valence-electron chi connectivity index (χ3n) is 2.78. The van der Waals surface area contributed by atoms with Gasteiger partial charge in [0.1, 0.15) is 12.6 Å². The predicted molar refractivity (Wildman–Crippen MR) is 65.6 cm³/mol. The van der Waals surface area contributed by atoms with E-state index in [-0.39, 0.29) is 6.61 Å². The zero-order valence-electron chi connectivity index (χ0n) is 9.70. The van der Waals surface area contributed by atoms with Gasteiger partial charge in [-0.2, -0.15) is 0 Å². The smallest absolute Gasteiger partial charge is 0.415 e. The Balaban J connectivity index is 2.31. The van der Waals surface area contributed by atoms with Crippen LogP contribution in [-0.2, 0) is 16.0 Å². The fourth-order valence-corrected chi connectivity index (χ4v) is 2.01. The van der Waals surface area contributed by atoms with Crippen molar-refractivity contribution in [3.05, 3.63) is 42.5 Å². The monoisotopic (exact) mass is 247 g/mol. The van der Waals surface area contributed by atoms with Gasteiger partial charge in [0, 0.05) is 6.42 Å². The molecule has 0 bridgehead atoms. The number of ether oxygens (including phenoxy) is 1. The maximum atomic E-state index is 11.9. The van der Waals surface area contributed by atoms with Gasteiger partial charge in [-0.25, -0.2) is 9.59 Å². The van der Waals surface area contributed by atoms with Crippen molar-refractivity contribution in [2.45, 2.75) is 12.5 Å². The van der Waals surface area contributed by atoms with Crippen LogP contribution in [-0.4, -0.2) is 29.8 Å². The lowest BCUT2D eigenvalue weighted by Crippen LogP contribution is -2.43. The molecule has 0 saturated heterocycles. The summed E-state index contributed by atoms with van der Waals surface area (Å²) in [7, 11) is 0. The lowest BCUT2D eigenvalue weighted by Gasteiger charge is -2.21. The van der Waals surface area contributed by atoms with E-state index in [0.717, 1.165) is 5.56 Å². The van der Waals surface area contributed by atoms with Crippen LogP contribution in [0.3, 0.4) is 0 Å². The fourth-order valence-electron chi connectivity index (χ4n) is 2.01. The number of para-hydroxylation sites is 1. The van der Waals surface area contributed by atoms with Crippen molar-refractivity contribution in [3.63, 3.8) is 0 Å². The molecule has 0 unspecified atom stereocenters. The van der Waals surface area contributed by atoms with Gasteiger partial charge in [-0.3, -0.25) is 4.90 Å². The summed E-state index contributed by atoms with van der Waals surface area (Å²) in [6.45, 7) is 3.51. The lowest BCUT2D eigenvalue weighted by atomic mass is 10.1. The molecule has 1 aliphatic rings. The summed E-state index contributed by atoms with van der Waals surface area (Å²) < 4.78 is 4.92. The van der Waals surface area contributed by atoms with E-state index in [2.05, 4.69) is 6.58 Å². The van der Waals surface area contributed by atoms with Gasteiger partial charge in [-0.05, 0) is 11.6 Å². The number of carboxylic acids is 1. The average Bonchev–Trinajstić information content (AvgIpc) is 2.75. The standard InChI is InChI=1S/C13H13NO4/c1-2-7-18-13(17)14-10-6-4-3-5-9(10)8-11(14)12(15)16/h2-6,11H,1,7-8H2,(H,15,16)/t11-/m1/s1. The van der Waals surface area contributed by atoms with Crippen molar-refractivity contribution >= 4 is 17.7 Å². The molecule has 94 valence electrons. The van der Waals surface area contributed by atoms with Crippen LogP contribution in [0.2, 0.25) is 0 Å². The van der Waals surface area contributed by atoms with Gasteiger partial charge in [0.2, 0.25) is 0 Å². The molecule has 0 aliphatic carbocycles. The molecule has 1 N–H and O–H groups in total. The number of hydrogen-bond acceptors (Lipinski definition) is 3. The number of nitrogens with zero attached hydrogens (tertiary/aromatic N) is 1. The normalized spacial score (nSPS) is 17.1. The zero-order valence-corrected chi connectivity index (χ0v) is 9.70. The van der Waals surface area contributed by atoms with Crippen LogP contribution in [0, 0.1) is 0 Å². The first-order chi connectivity index (χ1) is 8.65. The number of carboxylic acid groups (broad SMARTS) is 1. The molecule has 1 aromatic rings. The molecule has 0 aromatic heterocycles. The molecular weight excluding hydrogens is 234 g/mol. The Bertz CT molecular complexity index is 498. The second-order valence-electron chi connectivity index (χ2n) is 3.92. The molecule has 1 aromatic carbocycles. The van der Waals surface area contributed by atoms with Crippen molar-refractivity contribution in [2.75, 3.05) is 11.5 Å². The second kappa shape index (κ2) is 4.91. The van der Waals surface area contributed by atoms with Crippen molar-refractivity contribution in [2.24, 2.45) is 0 Å². The fraction of sp³-hybridized carbons (Fsp3) is 0.231. The summed E-state index contributed by atoms with van der Waals surface area (Å²) in [6.07, 6.45) is 1.08. The highest BCUT2D eigenvalue weighted by Gasteiger charge is 2.39. The lowest BCUT2D eigenvalue weighted by molar-refractivity contribution is -0.138. The molecule has 0 saturated carbocycles. The molecular formula is C13H13NO4. The van der Waals surface area contributed by atoms with Gasteiger partial charge in [0.25, 0.3) is 0 Å². The molecule has 2 rings (SSSR count). The van der Waals surface area contributed by atoms with Crippen molar-refractivity contribution in [1.29, 1.82) is 0 Å². The van der Waals surface area contributed by atoms with Gasteiger partial charge in [0.15, 0.2) is 0 Å². The summed E-state index contributed by atoms with van der Waals surface area (Å²) in [5.74, 6) is -1.04. The van der Waals surface area contributed by atoms with E-state index < -0.39 is 18.1 Å². The minimum absolute atomic E-state index is 0.0594. The van der Waals surface area contributed by atoms with Crippen LogP contribution < -0.4 is 4.90 Å². The summed E-state index contributed by atoms with van der Waals surface area (Å²) in [6, 6.07) is 6.20. The van der Waals surface area contributed by atoms with E-state index in [4.69, 9.17) is 9.84 Å². The van der Waals surface area contributed by atoms with Crippen LogP contribution in [0.15, 0.2) is 36.9 Å². The number of anilines is 1. The number of benzene rings is 1. The summed E-state index contributed by atoms with van der Waals surface area (Å²) in [5.41, 5.74) is 1.43. The Labute approximate surface area is 104 Å². The van der Waals surface area contributed by atoms with Crippen LogP contribution in [0.4, 0.5) is 10.5 Å². The largest absolute Gasteiger partial charge is 0.480 e. The minimum atomic E-state index is -1.04. The third-order valence-corrected chi connectivity index (χ3v) is 2.78. The van der Waals surface area contributed by atoms with E-state index in [9.17, 15) is 9.59 Å². The highest BCUT2D eigenvalue weighted by atomic mass is 16.6. The number of aliphatic carboxylic acids is 1. The van der Waals surface area contributed by atoms with Crippen molar-refractivity contribution in [1.82, 2.24) is 0 Å². The molecule has 5 heteroatoms. The number of hydrogen-bond donors (Lipinski definition) is 1. The van der Waals surface area contributed by atoms with Gasteiger partial charge < -0.3 is 9.84 Å². The van der Waals surface area contributed by atoms with E-state index in [1.807, 2.05) is 12.1 Å².